The van der Waals surface area contributed by atoms with E-state index in [9.17, 15) is 0 Å². The molecule has 1 aromatic carbocycles. The number of aromatic amines is 1. The van der Waals surface area contributed by atoms with Crippen molar-refractivity contribution in [3.8, 4) is 0 Å². The number of benzene rings is 1. The van der Waals surface area contributed by atoms with E-state index in [1.54, 1.807) is 0 Å². The number of aromatic nitrogens is 1. The van der Waals surface area contributed by atoms with Gasteiger partial charge in [0.05, 0.1) is 5.52 Å². The van der Waals surface area contributed by atoms with Crippen molar-refractivity contribution in [2.75, 3.05) is 6.54 Å². The molecule has 0 fully saturated rings. The van der Waals surface area contributed by atoms with Crippen molar-refractivity contribution < 1.29 is 0 Å². The number of para-hydroxylation sites is 1. The van der Waals surface area contributed by atoms with Crippen LogP contribution in [0.1, 0.15) is 24.2 Å². The van der Waals surface area contributed by atoms with Gasteiger partial charge >= 0.3 is 0 Å². The smallest absolute Gasteiger partial charge is 0.0603 e. The molecular weight excluding hydrogens is 252 g/mol. The predicted molar refractivity (Wildman–Crippen MR) is 66.1 cm³/mol. The molecule has 78 valence electrons. The summed E-state index contributed by atoms with van der Waals surface area (Å²) in [7, 11) is 0. The Bertz CT molecular complexity index is 516. The number of fused-ring (bicyclic) bond motifs is 3. The van der Waals surface area contributed by atoms with E-state index >= 15 is 0 Å². The van der Waals surface area contributed by atoms with Gasteiger partial charge in [0.15, 0.2) is 0 Å². The molecule has 2 heterocycles. The summed E-state index contributed by atoms with van der Waals surface area (Å²) in [6.45, 7) is 3.29. The molecule has 1 aliphatic rings. The Kier molecular flexibility index (Phi) is 2.11. The standard InChI is InChI=1S/C12H13BrN2/c1-7-11-9(5-6-14-7)8-3-2-4-10(13)12(8)15-11/h2-4,7,14-15H,5-6H2,1H3. The molecular formula is C12H13BrN2. The Hall–Kier alpha value is -0.800. The minimum atomic E-state index is 0.438. The van der Waals surface area contributed by atoms with Gasteiger partial charge in [-0.05, 0) is 47.4 Å². The lowest BCUT2D eigenvalue weighted by Crippen LogP contribution is -2.27. The molecule has 0 amide bonds. The van der Waals surface area contributed by atoms with Gasteiger partial charge in [0, 0.05) is 21.6 Å². The summed E-state index contributed by atoms with van der Waals surface area (Å²) in [5.41, 5.74) is 4.07. The van der Waals surface area contributed by atoms with E-state index in [0.717, 1.165) is 17.4 Å². The molecule has 2 nitrogen and oxygen atoms in total. The second-order valence-corrected chi connectivity index (χ2v) is 4.96. The average Bonchev–Trinajstić information content (AvgIpc) is 2.60. The van der Waals surface area contributed by atoms with Gasteiger partial charge in [0.25, 0.3) is 0 Å². The summed E-state index contributed by atoms with van der Waals surface area (Å²) in [5, 5.41) is 4.84. The molecule has 2 N–H and O–H groups in total. The van der Waals surface area contributed by atoms with E-state index in [-0.39, 0.29) is 0 Å². The first kappa shape index (κ1) is 9.43. The minimum Gasteiger partial charge on any atom is -0.356 e. The molecule has 1 aliphatic heterocycles. The van der Waals surface area contributed by atoms with Gasteiger partial charge in [-0.1, -0.05) is 12.1 Å². The molecule has 0 bridgehead atoms. The van der Waals surface area contributed by atoms with Gasteiger partial charge in [-0.3, -0.25) is 0 Å². The van der Waals surface area contributed by atoms with Crippen LogP contribution < -0.4 is 5.32 Å². The monoisotopic (exact) mass is 264 g/mol. The highest BCUT2D eigenvalue weighted by atomic mass is 79.9. The van der Waals surface area contributed by atoms with Crippen molar-refractivity contribution in [2.24, 2.45) is 0 Å². The first-order valence-electron chi connectivity index (χ1n) is 5.29. The molecule has 0 saturated heterocycles. The van der Waals surface area contributed by atoms with Gasteiger partial charge in [-0.15, -0.1) is 0 Å². The lowest BCUT2D eigenvalue weighted by Gasteiger charge is -2.20. The number of hydrogen-bond acceptors (Lipinski definition) is 1. The summed E-state index contributed by atoms with van der Waals surface area (Å²) < 4.78 is 1.15. The van der Waals surface area contributed by atoms with Gasteiger partial charge in [0.2, 0.25) is 0 Å². The second kappa shape index (κ2) is 3.35. The van der Waals surface area contributed by atoms with E-state index in [1.165, 1.54) is 22.2 Å². The van der Waals surface area contributed by atoms with Gasteiger partial charge < -0.3 is 10.3 Å². The van der Waals surface area contributed by atoms with Crippen molar-refractivity contribution in [3.63, 3.8) is 0 Å². The number of hydrogen-bond donors (Lipinski definition) is 2. The molecule has 2 aromatic rings. The maximum absolute atomic E-state index is 3.59. The molecule has 0 aliphatic carbocycles. The van der Waals surface area contributed by atoms with Crippen LogP contribution in [0.15, 0.2) is 22.7 Å². The topological polar surface area (TPSA) is 27.8 Å². The third kappa shape index (κ3) is 1.34. The highest BCUT2D eigenvalue weighted by Crippen LogP contribution is 2.33. The molecule has 3 rings (SSSR count). The lowest BCUT2D eigenvalue weighted by atomic mass is 10.0. The van der Waals surface area contributed by atoms with Crippen molar-refractivity contribution in [1.82, 2.24) is 10.3 Å². The SMILES string of the molecule is CC1NCCc2c1[nH]c1c(Br)cccc21. The summed E-state index contributed by atoms with van der Waals surface area (Å²) in [5.74, 6) is 0. The fraction of sp³-hybridized carbons (Fsp3) is 0.333. The maximum atomic E-state index is 3.59. The number of H-pyrrole nitrogens is 1. The van der Waals surface area contributed by atoms with Crippen molar-refractivity contribution in [3.05, 3.63) is 33.9 Å². The Balaban J connectivity index is 2.35. The maximum Gasteiger partial charge on any atom is 0.0603 e. The van der Waals surface area contributed by atoms with E-state index in [1.807, 2.05) is 0 Å². The van der Waals surface area contributed by atoms with Crippen LogP contribution in [0.5, 0.6) is 0 Å². The molecule has 1 atom stereocenters. The summed E-state index contributed by atoms with van der Waals surface area (Å²) in [6, 6.07) is 6.83. The van der Waals surface area contributed by atoms with Crippen LogP contribution in [0.3, 0.4) is 0 Å². The molecule has 1 unspecified atom stereocenters. The Morgan fingerprint density at radius 3 is 3.13 bits per heavy atom. The van der Waals surface area contributed by atoms with Crippen molar-refractivity contribution >= 4 is 26.8 Å². The summed E-state index contributed by atoms with van der Waals surface area (Å²) in [6.07, 6.45) is 1.12. The quantitative estimate of drug-likeness (QED) is 0.752. The summed E-state index contributed by atoms with van der Waals surface area (Å²) >= 11 is 3.59. The number of nitrogens with one attached hydrogen (secondary N) is 2. The minimum absolute atomic E-state index is 0.438. The zero-order valence-electron chi connectivity index (χ0n) is 8.60. The Morgan fingerprint density at radius 1 is 1.40 bits per heavy atom. The van der Waals surface area contributed by atoms with Crippen LogP contribution in [-0.4, -0.2) is 11.5 Å². The van der Waals surface area contributed by atoms with Crippen LogP contribution >= 0.6 is 15.9 Å². The molecule has 3 heteroatoms. The van der Waals surface area contributed by atoms with Crippen LogP contribution in [-0.2, 0) is 6.42 Å². The fourth-order valence-electron chi connectivity index (χ4n) is 2.41. The van der Waals surface area contributed by atoms with Gasteiger partial charge in [-0.25, -0.2) is 0 Å². The molecule has 15 heavy (non-hydrogen) atoms. The Labute approximate surface area is 97.2 Å². The zero-order chi connectivity index (χ0) is 10.4. The van der Waals surface area contributed by atoms with E-state index in [2.05, 4.69) is 51.4 Å². The zero-order valence-corrected chi connectivity index (χ0v) is 10.2. The number of rotatable bonds is 0. The van der Waals surface area contributed by atoms with Gasteiger partial charge in [0.1, 0.15) is 0 Å². The van der Waals surface area contributed by atoms with E-state index in [0.29, 0.717) is 6.04 Å². The van der Waals surface area contributed by atoms with Crippen LogP contribution in [0.25, 0.3) is 10.9 Å². The van der Waals surface area contributed by atoms with Gasteiger partial charge in [-0.2, -0.15) is 0 Å². The highest BCUT2D eigenvalue weighted by Gasteiger charge is 2.20. The van der Waals surface area contributed by atoms with Crippen molar-refractivity contribution in [1.29, 1.82) is 0 Å². The third-order valence-electron chi connectivity index (χ3n) is 3.18. The highest BCUT2D eigenvalue weighted by molar-refractivity contribution is 9.10. The Morgan fingerprint density at radius 2 is 2.27 bits per heavy atom. The predicted octanol–water partition coefficient (Wildman–Crippen LogP) is 3.14. The van der Waals surface area contributed by atoms with Crippen LogP contribution in [0.2, 0.25) is 0 Å². The molecule has 0 radical (unpaired) electrons. The molecule has 0 spiro atoms. The summed E-state index contributed by atoms with van der Waals surface area (Å²) in [4.78, 5) is 3.52. The first-order chi connectivity index (χ1) is 7.27. The molecule has 1 aromatic heterocycles. The first-order valence-corrected chi connectivity index (χ1v) is 6.09. The van der Waals surface area contributed by atoms with E-state index in [4.69, 9.17) is 0 Å². The second-order valence-electron chi connectivity index (χ2n) is 4.11. The largest absolute Gasteiger partial charge is 0.356 e. The number of halogens is 1. The third-order valence-corrected chi connectivity index (χ3v) is 3.84. The average molecular weight is 265 g/mol. The van der Waals surface area contributed by atoms with Crippen molar-refractivity contribution in [2.45, 2.75) is 19.4 Å². The fourth-order valence-corrected chi connectivity index (χ4v) is 2.88. The van der Waals surface area contributed by atoms with Crippen LogP contribution in [0, 0.1) is 0 Å². The van der Waals surface area contributed by atoms with E-state index < -0.39 is 0 Å². The normalized spacial score (nSPS) is 20.5. The lowest BCUT2D eigenvalue weighted by molar-refractivity contribution is 0.533. The van der Waals surface area contributed by atoms with Crippen LogP contribution in [0.4, 0.5) is 0 Å². The molecule has 0 saturated carbocycles.